The molecule has 2 fully saturated rings. The van der Waals surface area contributed by atoms with E-state index in [1.807, 2.05) is 26.0 Å². The van der Waals surface area contributed by atoms with Crippen LogP contribution in [0.5, 0.6) is 0 Å². The number of hydrogen-bond donors (Lipinski definition) is 2. The maximum atomic E-state index is 11.9. The number of nitrogens with one attached hydrogen (secondary N) is 2. The van der Waals surface area contributed by atoms with Gasteiger partial charge >= 0.3 is 6.03 Å². The van der Waals surface area contributed by atoms with Gasteiger partial charge in [0.1, 0.15) is 0 Å². The minimum atomic E-state index is -0.316. The van der Waals surface area contributed by atoms with Gasteiger partial charge in [0.25, 0.3) is 0 Å². The number of rotatable bonds is 2. The molecule has 3 rings (SSSR count). The summed E-state index contributed by atoms with van der Waals surface area (Å²) in [7, 11) is 0. The van der Waals surface area contributed by atoms with Crippen LogP contribution in [0.4, 0.5) is 10.5 Å². The number of carbonyl (C=O) groups is 2. The lowest BCUT2D eigenvalue weighted by molar-refractivity contribution is -0.120. The highest BCUT2D eigenvalue weighted by atomic mass is 16.2. The Morgan fingerprint density at radius 1 is 1.14 bits per heavy atom. The fraction of sp³-hybridized carbons (Fsp3) is 0.529. The standard InChI is InChI=1S/C15H19N3O2.C2H6/c19-14-6-9-18(15(20)17-14)13-3-1-2-12(10-13)11-4-7-16-8-5-11;1-2/h1-3,10-11,16H,4-9H2,(H,17,19,20);1-2H3. The number of amides is 3. The summed E-state index contributed by atoms with van der Waals surface area (Å²) in [6.45, 7) is 6.56. The van der Waals surface area contributed by atoms with Crippen LogP contribution in [0.25, 0.3) is 0 Å². The summed E-state index contributed by atoms with van der Waals surface area (Å²) in [5, 5.41) is 5.73. The first-order chi connectivity index (χ1) is 10.7. The molecule has 2 saturated heterocycles. The molecule has 5 heteroatoms. The lowest BCUT2D eigenvalue weighted by Crippen LogP contribution is -2.49. The van der Waals surface area contributed by atoms with Gasteiger partial charge in [-0.15, -0.1) is 0 Å². The number of imide groups is 1. The van der Waals surface area contributed by atoms with Crippen LogP contribution < -0.4 is 15.5 Å². The van der Waals surface area contributed by atoms with Crippen molar-refractivity contribution in [1.82, 2.24) is 10.6 Å². The molecule has 0 spiro atoms. The third-order valence-electron chi connectivity index (χ3n) is 4.05. The lowest BCUT2D eigenvalue weighted by Gasteiger charge is -2.28. The first-order valence-corrected chi connectivity index (χ1v) is 8.16. The van der Waals surface area contributed by atoms with E-state index in [9.17, 15) is 9.59 Å². The molecule has 1 aromatic rings. The first kappa shape index (κ1) is 16.5. The van der Waals surface area contributed by atoms with Crippen LogP contribution in [-0.4, -0.2) is 31.6 Å². The highest BCUT2D eigenvalue weighted by molar-refractivity contribution is 6.05. The molecule has 2 aliphatic heterocycles. The molecule has 5 nitrogen and oxygen atoms in total. The summed E-state index contributed by atoms with van der Waals surface area (Å²) in [4.78, 5) is 24.7. The minimum Gasteiger partial charge on any atom is -0.317 e. The van der Waals surface area contributed by atoms with Crippen molar-refractivity contribution in [3.05, 3.63) is 29.8 Å². The largest absolute Gasteiger partial charge is 0.328 e. The van der Waals surface area contributed by atoms with Crippen molar-refractivity contribution in [2.45, 2.75) is 39.0 Å². The van der Waals surface area contributed by atoms with Gasteiger partial charge in [0.05, 0.1) is 0 Å². The molecule has 0 atom stereocenters. The molecule has 120 valence electrons. The Balaban J connectivity index is 0.000000847. The summed E-state index contributed by atoms with van der Waals surface area (Å²) in [5.74, 6) is 0.367. The van der Waals surface area contributed by atoms with Crippen molar-refractivity contribution in [3.63, 3.8) is 0 Å². The maximum Gasteiger partial charge on any atom is 0.328 e. The second kappa shape index (κ2) is 7.94. The van der Waals surface area contributed by atoms with E-state index >= 15 is 0 Å². The van der Waals surface area contributed by atoms with Crippen LogP contribution in [0.2, 0.25) is 0 Å². The minimum absolute atomic E-state index is 0.194. The zero-order chi connectivity index (χ0) is 15.9. The van der Waals surface area contributed by atoms with Gasteiger partial charge in [-0.2, -0.15) is 0 Å². The van der Waals surface area contributed by atoms with Gasteiger partial charge in [-0.05, 0) is 49.5 Å². The second-order valence-corrected chi connectivity index (χ2v) is 5.37. The quantitative estimate of drug-likeness (QED) is 0.883. The zero-order valence-corrected chi connectivity index (χ0v) is 13.4. The number of piperidine rings is 1. The fourth-order valence-corrected chi connectivity index (χ4v) is 2.91. The number of hydrogen-bond acceptors (Lipinski definition) is 3. The lowest BCUT2D eigenvalue weighted by atomic mass is 9.90. The number of urea groups is 1. The average Bonchev–Trinajstić information content (AvgIpc) is 2.58. The predicted octanol–water partition coefficient (Wildman–Crippen LogP) is 2.63. The Morgan fingerprint density at radius 3 is 2.55 bits per heavy atom. The smallest absolute Gasteiger partial charge is 0.317 e. The fourth-order valence-electron chi connectivity index (χ4n) is 2.91. The van der Waals surface area contributed by atoms with E-state index in [4.69, 9.17) is 0 Å². The van der Waals surface area contributed by atoms with Crippen molar-refractivity contribution in [2.24, 2.45) is 0 Å². The number of carbonyl (C=O) groups excluding carboxylic acids is 2. The van der Waals surface area contributed by atoms with Gasteiger partial charge in [0.2, 0.25) is 5.91 Å². The monoisotopic (exact) mass is 303 g/mol. The second-order valence-electron chi connectivity index (χ2n) is 5.37. The summed E-state index contributed by atoms with van der Waals surface area (Å²) in [6.07, 6.45) is 2.63. The third kappa shape index (κ3) is 3.85. The Morgan fingerprint density at radius 2 is 1.86 bits per heavy atom. The van der Waals surface area contributed by atoms with Crippen molar-refractivity contribution in [3.8, 4) is 0 Å². The molecular formula is C17H25N3O2. The van der Waals surface area contributed by atoms with Crippen molar-refractivity contribution in [1.29, 1.82) is 0 Å². The topological polar surface area (TPSA) is 61.4 Å². The van der Waals surface area contributed by atoms with Gasteiger partial charge in [-0.1, -0.05) is 26.0 Å². The molecule has 0 radical (unpaired) electrons. The van der Waals surface area contributed by atoms with Crippen molar-refractivity contribution < 1.29 is 9.59 Å². The van der Waals surface area contributed by atoms with Crippen LogP contribution >= 0.6 is 0 Å². The van der Waals surface area contributed by atoms with E-state index in [0.29, 0.717) is 18.9 Å². The molecular weight excluding hydrogens is 278 g/mol. The highest BCUT2D eigenvalue weighted by Gasteiger charge is 2.25. The summed E-state index contributed by atoms with van der Waals surface area (Å²) >= 11 is 0. The molecule has 2 aliphatic rings. The molecule has 0 aliphatic carbocycles. The van der Waals surface area contributed by atoms with Gasteiger partial charge in [-0.3, -0.25) is 15.0 Å². The maximum absolute atomic E-state index is 11.9. The molecule has 2 heterocycles. The van der Waals surface area contributed by atoms with Crippen LogP contribution in [-0.2, 0) is 4.79 Å². The van der Waals surface area contributed by atoms with Gasteiger partial charge in [0, 0.05) is 18.7 Å². The molecule has 0 bridgehead atoms. The van der Waals surface area contributed by atoms with Gasteiger partial charge < -0.3 is 5.32 Å². The van der Waals surface area contributed by atoms with E-state index in [1.54, 1.807) is 4.90 Å². The van der Waals surface area contributed by atoms with E-state index in [-0.39, 0.29) is 11.9 Å². The number of nitrogens with zero attached hydrogens (tertiary/aromatic N) is 1. The first-order valence-electron chi connectivity index (χ1n) is 8.16. The van der Waals surface area contributed by atoms with Gasteiger partial charge in [-0.25, -0.2) is 4.79 Å². The van der Waals surface area contributed by atoms with Crippen molar-refractivity contribution in [2.75, 3.05) is 24.5 Å². The summed E-state index contributed by atoms with van der Waals surface area (Å²) in [5.41, 5.74) is 2.17. The molecule has 0 aromatic heterocycles. The third-order valence-corrected chi connectivity index (χ3v) is 4.05. The molecule has 0 unspecified atom stereocenters. The van der Waals surface area contributed by atoms with Gasteiger partial charge in [0.15, 0.2) is 0 Å². The van der Waals surface area contributed by atoms with E-state index < -0.39 is 0 Å². The van der Waals surface area contributed by atoms with Crippen LogP contribution in [0.1, 0.15) is 44.6 Å². The van der Waals surface area contributed by atoms with Crippen molar-refractivity contribution >= 4 is 17.6 Å². The molecule has 22 heavy (non-hydrogen) atoms. The average molecular weight is 303 g/mol. The van der Waals surface area contributed by atoms with Crippen LogP contribution in [0.3, 0.4) is 0 Å². The molecule has 0 saturated carbocycles. The zero-order valence-electron chi connectivity index (χ0n) is 13.4. The van der Waals surface area contributed by atoms with Crippen LogP contribution in [0.15, 0.2) is 24.3 Å². The Kier molecular flexibility index (Phi) is 5.95. The Hall–Kier alpha value is -1.88. The molecule has 3 amide bonds. The number of benzene rings is 1. The predicted molar refractivity (Wildman–Crippen MR) is 88.1 cm³/mol. The highest BCUT2D eigenvalue weighted by Crippen LogP contribution is 2.28. The Bertz CT molecular complexity index is 524. The Labute approximate surface area is 132 Å². The van der Waals surface area contributed by atoms with E-state index in [2.05, 4.69) is 22.8 Å². The molecule has 1 aromatic carbocycles. The van der Waals surface area contributed by atoms with E-state index in [0.717, 1.165) is 31.6 Å². The normalized spacial score (nSPS) is 19.3. The molecule has 2 N–H and O–H groups in total. The van der Waals surface area contributed by atoms with E-state index in [1.165, 1.54) is 5.56 Å². The SMILES string of the molecule is CC.O=C1CCN(c2cccc(C3CCNCC3)c2)C(=O)N1. The summed E-state index contributed by atoms with van der Waals surface area (Å²) in [6, 6.07) is 7.83. The summed E-state index contributed by atoms with van der Waals surface area (Å²) < 4.78 is 0. The van der Waals surface area contributed by atoms with Crippen LogP contribution in [0, 0.1) is 0 Å². The number of anilines is 1.